The smallest absolute Gasteiger partial charge is 0.339 e. The monoisotopic (exact) mass is 543 g/mol. The number of aliphatic hydroxyl groups excluding tert-OH is 1. The number of carbonyl (C=O) groups is 2. The van der Waals surface area contributed by atoms with E-state index in [1.165, 1.54) is 26.5 Å². The predicted octanol–water partition coefficient (Wildman–Crippen LogP) is 4.73. The van der Waals surface area contributed by atoms with E-state index in [1.54, 1.807) is 41.3 Å². The predicted molar refractivity (Wildman–Crippen MR) is 140 cm³/mol. The fraction of sp³-hybridized carbons (Fsp3) is 0.357. The van der Waals surface area contributed by atoms with E-state index in [0.29, 0.717) is 33.3 Å². The van der Waals surface area contributed by atoms with E-state index in [0.717, 1.165) is 0 Å². The van der Waals surface area contributed by atoms with Gasteiger partial charge in [-0.25, -0.2) is 4.79 Å². The maximum Gasteiger partial charge on any atom is 0.339 e. The Morgan fingerprint density at radius 2 is 1.89 bits per heavy atom. The van der Waals surface area contributed by atoms with Crippen LogP contribution in [0, 0.1) is 5.41 Å². The summed E-state index contributed by atoms with van der Waals surface area (Å²) >= 11 is 6.43. The van der Waals surface area contributed by atoms with Gasteiger partial charge in [0.05, 0.1) is 20.5 Å². The Balaban J connectivity index is 1.92. The summed E-state index contributed by atoms with van der Waals surface area (Å²) in [6.45, 7) is 3.69. The fourth-order valence-electron chi connectivity index (χ4n) is 4.56. The molecule has 0 fully saturated rings. The van der Waals surface area contributed by atoms with Crippen molar-refractivity contribution in [1.82, 2.24) is 0 Å². The van der Waals surface area contributed by atoms with Crippen LogP contribution in [0.2, 0.25) is 5.02 Å². The molecule has 1 aromatic heterocycles. The van der Waals surface area contributed by atoms with Crippen LogP contribution in [0.5, 0.6) is 11.5 Å². The van der Waals surface area contributed by atoms with Gasteiger partial charge in [-0.15, -0.1) is 0 Å². The van der Waals surface area contributed by atoms with Crippen molar-refractivity contribution < 1.29 is 38.4 Å². The van der Waals surface area contributed by atoms with Crippen LogP contribution in [0.15, 0.2) is 53.1 Å². The van der Waals surface area contributed by atoms with Crippen LogP contribution in [-0.2, 0) is 16.0 Å². The average molecular weight is 544 g/mol. The molecule has 1 amide bonds. The Morgan fingerprint density at radius 3 is 2.55 bits per heavy atom. The number of ether oxygens (including phenoxy) is 3. The molecule has 3 aromatic rings. The average Bonchev–Trinajstić information content (AvgIpc) is 3.34. The Morgan fingerprint density at radius 1 is 1.13 bits per heavy atom. The van der Waals surface area contributed by atoms with Gasteiger partial charge in [0.1, 0.15) is 23.5 Å². The number of aliphatic hydroxyl groups is 1. The second-order valence-electron chi connectivity index (χ2n) is 9.80. The number of anilines is 1. The Hall–Kier alpha value is -3.53. The largest absolute Gasteiger partial charge is 0.493 e. The summed E-state index contributed by atoms with van der Waals surface area (Å²) in [4.78, 5) is 27.4. The van der Waals surface area contributed by atoms with Gasteiger partial charge < -0.3 is 33.7 Å². The first-order valence-corrected chi connectivity index (χ1v) is 12.4. The number of carboxylic acids is 1. The van der Waals surface area contributed by atoms with Gasteiger partial charge in [0.15, 0.2) is 11.5 Å². The second kappa shape index (κ2) is 11.1. The standard InChI is InChI=1S/C28H30ClNO8/c1-28(2,15-31)14-30-20-9-8-16(29)12-19(20)24(18-6-5-7-21(35-3)25(18)36-4)38-23(26(30)32)13-22-17(27(33)34)10-11-37-22/h5-12,23-24,31H,13-15H2,1-4H3,(H,33,34)/t23-,24-/m1/s1. The molecule has 9 nitrogen and oxygen atoms in total. The highest BCUT2D eigenvalue weighted by atomic mass is 35.5. The number of amides is 1. The number of aromatic carboxylic acids is 1. The molecule has 0 radical (unpaired) electrons. The number of hydrogen-bond donors (Lipinski definition) is 2. The minimum absolute atomic E-state index is 0.0519. The van der Waals surface area contributed by atoms with Gasteiger partial charge in [0.25, 0.3) is 5.91 Å². The van der Waals surface area contributed by atoms with Gasteiger partial charge in [-0.2, -0.15) is 0 Å². The molecule has 0 aliphatic carbocycles. The number of halogens is 1. The summed E-state index contributed by atoms with van der Waals surface area (Å²) in [5.41, 5.74) is 1.04. The SMILES string of the molecule is COc1cccc([C@H]2O[C@H](Cc3occc3C(=O)O)C(=O)N(CC(C)(C)CO)c3ccc(Cl)cc32)c1OC. The first-order chi connectivity index (χ1) is 18.1. The summed E-state index contributed by atoms with van der Waals surface area (Å²) in [5, 5.41) is 20.0. The van der Waals surface area contributed by atoms with Gasteiger partial charge in [-0.3, -0.25) is 4.79 Å². The first-order valence-electron chi connectivity index (χ1n) is 12.0. The van der Waals surface area contributed by atoms with Crippen LogP contribution in [0.4, 0.5) is 5.69 Å². The summed E-state index contributed by atoms with van der Waals surface area (Å²) in [5.74, 6) is -0.578. The van der Waals surface area contributed by atoms with Crippen molar-refractivity contribution in [2.75, 3.05) is 32.3 Å². The molecule has 0 spiro atoms. The van der Waals surface area contributed by atoms with E-state index < -0.39 is 29.5 Å². The number of nitrogens with zero attached hydrogens (tertiary/aromatic N) is 1. The van der Waals surface area contributed by atoms with Crippen LogP contribution in [0.3, 0.4) is 0 Å². The molecule has 1 aliphatic rings. The van der Waals surface area contributed by atoms with E-state index in [2.05, 4.69) is 0 Å². The zero-order chi connectivity index (χ0) is 27.6. The van der Waals surface area contributed by atoms with Crippen molar-refractivity contribution in [3.8, 4) is 11.5 Å². The van der Waals surface area contributed by atoms with Gasteiger partial charge in [-0.05, 0) is 30.3 Å². The number of carboxylic acid groups (broad SMARTS) is 1. The van der Waals surface area contributed by atoms with Crippen LogP contribution in [-0.4, -0.2) is 55.6 Å². The lowest BCUT2D eigenvalue weighted by molar-refractivity contribution is -0.132. The molecule has 2 heterocycles. The van der Waals surface area contributed by atoms with Gasteiger partial charge in [0, 0.05) is 46.8 Å². The lowest BCUT2D eigenvalue weighted by Crippen LogP contribution is -2.46. The molecule has 2 atom stereocenters. The normalized spacial score (nSPS) is 17.6. The Labute approximate surface area is 225 Å². The highest BCUT2D eigenvalue weighted by Gasteiger charge is 2.40. The van der Waals surface area contributed by atoms with Crippen molar-refractivity contribution >= 4 is 29.2 Å². The Bertz CT molecular complexity index is 1330. The maximum atomic E-state index is 14.1. The third-order valence-electron chi connectivity index (χ3n) is 6.48. The maximum absolute atomic E-state index is 14.1. The number of para-hydroxylation sites is 1. The van der Waals surface area contributed by atoms with Crippen LogP contribution in [0.1, 0.15) is 47.2 Å². The van der Waals surface area contributed by atoms with E-state index in [4.69, 9.17) is 30.2 Å². The molecule has 10 heteroatoms. The molecule has 0 bridgehead atoms. The van der Waals surface area contributed by atoms with Crippen molar-refractivity contribution in [1.29, 1.82) is 0 Å². The minimum Gasteiger partial charge on any atom is -0.493 e. The highest BCUT2D eigenvalue weighted by molar-refractivity contribution is 6.30. The quantitative estimate of drug-likeness (QED) is 0.397. The zero-order valence-electron chi connectivity index (χ0n) is 21.6. The summed E-state index contributed by atoms with van der Waals surface area (Å²) in [7, 11) is 3.04. The molecular formula is C28H30ClNO8. The zero-order valence-corrected chi connectivity index (χ0v) is 22.3. The van der Waals surface area contributed by atoms with Crippen LogP contribution >= 0.6 is 11.6 Å². The van der Waals surface area contributed by atoms with Crippen molar-refractivity contribution in [2.45, 2.75) is 32.5 Å². The van der Waals surface area contributed by atoms with E-state index in [1.807, 2.05) is 13.8 Å². The van der Waals surface area contributed by atoms with Gasteiger partial charge in [-0.1, -0.05) is 37.6 Å². The molecule has 4 rings (SSSR count). The van der Waals surface area contributed by atoms with Crippen LogP contribution in [0.25, 0.3) is 0 Å². The highest BCUT2D eigenvalue weighted by Crippen LogP contribution is 2.45. The van der Waals surface area contributed by atoms with E-state index >= 15 is 0 Å². The van der Waals surface area contributed by atoms with E-state index in [9.17, 15) is 19.8 Å². The molecule has 0 unspecified atom stereocenters. The second-order valence-corrected chi connectivity index (χ2v) is 10.2. The topological polar surface area (TPSA) is 119 Å². The molecular weight excluding hydrogens is 514 g/mol. The molecule has 0 saturated heterocycles. The molecule has 1 aliphatic heterocycles. The van der Waals surface area contributed by atoms with Crippen molar-refractivity contribution in [3.05, 3.63) is 76.2 Å². The summed E-state index contributed by atoms with van der Waals surface area (Å²) < 4.78 is 23.2. The number of fused-ring (bicyclic) bond motifs is 1. The first kappa shape index (κ1) is 27.5. The number of furan rings is 1. The molecule has 38 heavy (non-hydrogen) atoms. The van der Waals surface area contributed by atoms with Crippen molar-refractivity contribution in [3.63, 3.8) is 0 Å². The number of rotatable bonds is 9. The number of carbonyl (C=O) groups excluding carboxylic acids is 1. The molecule has 0 saturated carbocycles. The van der Waals surface area contributed by atoms with Crippen LogP contribution < -0.4 is 14.4 Å². The number of hydrogen-bond acceptors (Lipinski definition) is 7. The number of benzene rings is 2. The molecule has 2 N–H and O–H groups in total. The summed E-state index contributed by atoms with van der Waals surface area (Å²) in [6, 6.07) is 11.8. The van der Waals surface area contributed by atoms with Gasteiger partial charge >= 0.3 is 5.97 Å². The Kier molecular flexibility index (Phi) is 8.01. The third-order valence-corrected chi connectivity index (χ3v) is 6.72. The lowest BCUT2D eigenvalue weighted by Gasteiger charge is -2.32. The molecule has 202 valence electrons. The minimum atomic E-state index is -1.17. The van der Waals surface area contributed by atoms with Crippen molar-refractivity contribution in [2.24, 2.45) is 5.41 Å². The third kappa shape index (κ3) is 5.36. The number of methoxy groups -OCH3 is 2. The summed E-state index contributed by atoms with van der Waals surface area (Å²) in [6.07, 6.45) is -0.841. The lowest BCUT2D eigenvalue weighted by atomic mass is 9.92. The van der Waals surface area contributed by atoms with Gasteiger partial charge in [0.2, 0.25) is 0 Å². The fourth-order valence-corrected chi connectivity index (χ4v) is 4.74. The molecule has 2 aromatic carbocycles. The van der Waals surface area contributed by atoms with E-state index in [-0.39, 0.29) is 30.9 Å².